The molecule has 104 valence electrons. The van der Waals surface area contributed by atoms with Gasteiger partial charge in [-0.05, 0) is 23.6 Å². The fourth-order valence-electron chi connectivity index (χ4n) is 2.11. The number of carbonyl (C=O) groups is 1. The van der Waals surface area contributed by atoms with Gasteiger partial charge in [-0.25, -0.2) is 0 Å². The van der Waals surface area contributed by atoms with E-state index in [0.29, 0.717) is 5.56 Å². The van der Waals surface area contributed by atoms with Crippen LogP contribution in [0.1, 0.15) is 18.6 Å². The summed E-state index contributed by atoms with van der Waals surface area (Å²) < 4.78 is 4.65. The summed E-state index contributed by atoms with van der Waals surface area (Å²) in [7, 11) is 1.32. The van der Waals surface area contributed by atoms with Gasteiger partial charge in [-0.15, -0.1) is 0 Å². The number of benzene rings is 2. The van der Waals surface area contributed by atoms with Crippen molar-refractivity contribution in [2.75, 3.05) is 7.11 Å². The van der Waals surface area contributed by atoms with Gasteiger partial charge in [0.1, 0.15) is 0 Å². The summed E-state index contributed by atoms with van der Waals surface area (Å²) in [5.41, 5.74) is 2.91. The van der Waals surface area contributed by atoms with Gasteiger partial charge in [0.2, 0.25) is 0 Å². The molecular weight excluding hydrogens is 252 g/mol. The number of hydrogen-bond acceptors (Lipinski definition) is 3. The Morgan fingerprint density at radius 3 is 2.10 bits per heavy atom. The van der Waals surface area contributed by atoms with Crippen LogP contribution in [0.5, 0.6) is 0 Å². The van der Waals surface area contributed by atoms with Gasteiger partial charge in [0.15, 0.2) is 0 Å². The largest absolute Gasteiger partial charge is 0.469 e. The highest BCUT2D eigenvalue weighted by atomic mass is 16.5. The summed E-state index contributed by atoms with van der Waals surface area (Å²) in [6.07, 6.45) is -0.854. The molecule has 0 amide bonds. The molecule has 0 radical (unpaired) electrons. The Bertz CT molecular complexity index is 561. The number of esters is 1. The number of rotatable bonds is 4. The van der Waals surface area contributed by atoms with Gasteiger partial charge in [0.05, 0.1) is 19.1 Å². The van der Waals surface area contributed by atoms with Crippen LogP contribution in [0.15, 0.2) is 54.6 Å². The average molecular weight is 270 g/mol. The molecule has 0 bridgehead atoms. The van der Waals surface area contributed by atoms with Crippen LogP contribution in [0.2, 0.25) is 0 Å². The minimum Gasteiger partial charge on any atom is -0.469 e. The molecule has 0 aliphatic carbocycles. The van der Waals surface area contributed by atoms with Crippen LogP contribution >= 0.6 is 0 Å². The van der Waals surface area contributed by atoms with E-state index in [1.807, 2.05) is 54.6 Å². The summed E-state index contributed by atoms with van der Waals surface area (Å²) in [5.74, 6) is -0.993. The molecule has 1 N–H and O–H groups in total. The molecule has 0 fully saturated rings. The maximum absolute atomic E-state index is 11.4. The Morgan fingerprint density at radius 2 is 1.55 bits per heavy atom. The van der Waals surface area contributed by atoms with Crippen LogP contribution < -0.4 is 0 Å². The molecule has 0 aliphatic heterocycles. The third-order valence-corrected chi connectivity index (χ3v) is 3.41. The van der Waals surface area contributed by atoms with E-state index in [1.165, 1.54) is 7.11 Å². The molecule has 2 atom stereocenters. The lowest BCUT2D eigenvalue weighted by atomic mass is 9.95. The molecule has 0 aliphatic rings. The fourth-order valence-corrected chi connectivity index (χ4v) is 2.11. The summed E-state index contributed by atoms with van der Waals surface area (Å²) in [5, 5.41) is 10.2. The standard InChI is InChI=1S/C17H18O3/c1-12(17(19)20-2)16(18)15-10-8-14(9-11-15)13-6-4-3-5-7-13/h3-12,16,18H,1-2H3. The van der Waals surface area contributed by atoms with Gasteiger partial charge in [-0.2, -0.15) is 0 Å². The predicted octanol–water partition coefficient (Wildman–Crippen LogP) is 3.20. The van der Waals surface area contributed by atoms with Crippen molar-refractivity contribution in [1.82, 2.24) is 0 Å². The number of aliphatic hydroxyl groups is 1. The number of methoxy groups -OCH3 is 1. The van der Waals surface area contributed by atoms with E-state index in [9.17, 15) is 9.90 Å². The molecular formula is C17H18O3. The second-order valence-electron chi connectivity index (χ2n) is 4.74. The van der Waals surface area contributed by atoms with Crippen molar-refractivity contribution in [3.05, 3.63) is 60.2 Å². The highest BCUT2D eigenvalue weighted by Crippen LogP contribution is 2.26. The second kappa shape index (κ2) is 6.35. The van der Waals surface area contributed by atoms with E-state index in [1.54, 1.807) is 6.92 Å². The first-order valence-corrected chi connectivity index (χ1v) is 6.54. The Morgan fingerprint density at radius 1 is 1.00 bits per heavy atom. The van der Waals surface area contributed by atoms with E-state index in [0.717, 1.165) is 11.1 Å². The number of ether oxygens (including phenoxy) is 1. The average Bonchev–Trinajstić information content (AvgIpc) is 2.53. The fraction of sp³-hybridized carbons (Fsp3) is 0.235. The van der Waals surface area contributed by atoms with E-state index in [4.69, 9.17) is 0 Å². The molecule has 2 aromatic carbocycles. The Labute approximate surface area is 118 Å². The number of hydrogen-bond donors (Lipinski definition) is 1. The second-order valence-corrected chi connectivity index (χ2v) is 4.74. The smallest absolute Gasteiger partial charge is 0.311 e. The normalized spacial score (nSPS) is 13.6. The first-order chi connectivity index (χ1) is 9.63. The van der Waals surface area contributed by atoms with Gasteiger partial charge in [-0.3, -0.25) is 4.79 Å². The van der Waals surface area contributed by atoms with E-state index in [-0.39, 0.29) is 0 Å². The molecule has 0 saturated carbocycles. The molecule has 0 spiro atoms. The SMILES string of the molecule is COC(=O)C(C)C(O)c1ccc(-c2ccccc2)cc1. The van der Waals surface area contributed by atoms with Gasteiger partial charge in [0.25, 0.3) is 0 Å². The first kappa shape index (κ1) is 14.3. The van der Waals surface area contributed by atoms with E-state index < -0.39 is 18.0 Å². The minimum atomic E-state index is -0.854. The van der Waals surface area contributed by atoms with Gasteiger partial charge < -0.3 is 9.84 Å². The van der Waals surface area contributed by atoms with Crippen molar-refractivity contribution < 1.29 is 14.6 Å². The van der Waals surface area contributed by atoms with Crippen molar-refractivity contribution in [3.8, 4) is 11.1 Å². The van der Waals surface area contributed by atoms with Crippen LogP contribution in [-0.2, 0) is 9.53 Å². The molecule has 0 heterocycles. The topological polar surface area (TPSA) is 46.5 Å². The van der Waals surface area contributed by atoms with Gasteiger partial charge in [-0.1, -0.05) is 54.6 Å². The quantitative estimate of drug-likeness (QED) is 0.868. The van der Waals surface area contributed by atoms with Crippen LogP contribution in [0.4, 0.5) is 0 Å². The Balaban J connectivity index is 2.18. The van der Waals surface area contributed by atoms with Crippen molar-refractivity contribution >= 4 is 5.97 Å². The van der Waals surface area contributed by atoms with Crippen LogP contribution in [-0.4, -0.2) is 18.2 Å². The van der Waals surface area contributed by atoms with Crippen molar-refractivity contribution in [1.29, 1.82) is 0 Å². The zero-order chi connectivity index (χ0) is 14.5. The zero-order valence-corrected chi connectivity index (χ0v) is 11.6. The van der Waals surface area contributed by atoms with Crippen LogP contribution in [0.25, 0.3) is 11.1 Å². The third kappa shape index (κ3) is 3.06. The summed E-state index contributed by atoms with van der Waals surface area (Å²) in [6, 6.07) is 17.6. The van der Waals surface area contributed by atoms with E-state index in [2.05, 4.69) is 4.74 Å². The molecule has 2 rings (SSSR count). The predicted molar refractivity (Wildman–Crippen MR) is 78.0 cm³/mol. The highest BCUT2D eigenvalue weighted by Gasteiger charge is 2.23. The Hall–Kier alpha value is -2.13. The molecule has 0 aromatic heterocycles. The highest BCUT2D eigenvalue weighted by molar-refractivity contribution is 5.73. The van der Waals surface area contributed by atoms with Crippen molar-refractivity contribution in [2.24, 2.45) is 5.92 Å². The van der Waals surface area contributed by atoms with Crippen molar-refractivity contribution in [3.63, 3.8) is 0 Å². The third-order valence-electron chi connectivity index (χ3n) is 3.41. The maximum atomic E-state index is 11.4. The van der Waals surface area contributed by atoms with E-state index >= 15 is 0 Å². The molecule has 0 saturated heterocycles. The zero-order valence-electron chi connectivity index (χ0n) is 11.6. The molecule has 3 nitrogen and oxygen atoms in total. The van der Waals surface area contributed by atoms with Gasteiger partial charge in [0, 0.05) is 0 Å². The molecule has 20 heavy (non-hydrogen) atoms. The monoisotopic (exact) mass is 270 g/mol. The first-order valence-electron chi connectivity index (χ1n) is 6.54. The lowest BCUT2D eigenvalue weighted by Gasteiger charge is -2.17. The van der Waals surface area contributed by atoms with Crippen LogP contribution in [0, 0.1) is 5.92 Å². The van der Waals surface area contributed by atoms with Crippen LogP contribution in [0.3, 0.4) is 0 Å². The Kier molecular flexibility index (Phi) is 4.53. The molecule has 3 heteroatoms. The van der Waals surface area contributed by atoms with Crippen molar-refractivity contribution in [2.45, 2.75) is 13.0 Å². The summed E-state index contributed by atoms with van der Waals surface area (Å²) >= 11 is 0. The molecule has 2 aromatic rings. The minimum absolute atomic E-state index is 0.412. The van der Waals surface area contributed by atoms with Gasteiger partial charge >= 0.3 is 5.97 Å². The molecule has 2 unspecified atom stereocenters. The number of aliphatic hydroxyl groups excluding tert-OH is 1. The maximum Gasteiger partial charge on any atom is 0.311 e. The lowest BCUT2D eigenvalue weighted by molar-refractivity contribution is -0.148. The number of carbonyl (C=O) groups excluding carboxylic acids is 1. The summed E-state index contributed by atoms with van der Waals surface area (Å²) in [6.45, 7) is 1.65. The lowest BCUT2D eigenvalue weighted by Crippen LogP contribution is -2.20. The summed E-state index contributed by atoms with van der Waals surface area (Å²) in [4.78, 5) is 11.4.